The highest BCUT2D eigenvalue weighted by molar-refractivity contribution is 5.62. The minimum Gasteiger partial charge on any atom is -0.497 e. The summed E-state index contributed by atoms with van der Waals surface area (Å²) < 4.78 is 10.9. The van der Waals surface area contributed by atoms with Crippen molar-refractivity contribution in [2.24, 2.45) is 5.92 Å². The predicted octanol–water partition coefficient (Wildman–Crippen LogP) is 2.28. The lowest BCUT2D eigenvalue weighted by atomic mass is 10.0. The Balaban J connectivity index is 1.88. The Hall–Kier alpha value is -1.42. The lowest BCUT2D eigenvalue weighted by molar-refractivity contribution is 0.365. The van der Waals surface area contributed by atoms with Crippen LogP contribution in [-0.4, -0.2) is 39.4 Å². The summed E-state index contributed by atoms with van der Waals surface area (Å²) in [5.74, 6) is 2.67. The molecule has 0 bridgehead atoms. The molecule has 0 amide bonds. The number of anilines is 1. The average Bonchev–Trinajstić information content (AvgIpc) is 3.32. The maximum Gasteiger partial charge on any atom is 0.142 e. The monoisotopic (exact) mass is 276 g/mol. The number of benzene rings is 1. The van der Waals surface area contributed by atoms with Gasteiger partial charge in [-0.1, -0.05) is 0 Å². The summed E-state index contributed by atoms with van der Waals surface area (Å²) in [6, 6.07) is 7.11. The summed E-state index contributed by atoms with van der Waals surface area (Å²) in [4.78, 5) is 2.46. The number of ether oxygens (including phenoxy) is 2. The van der Waals surface area contributed by atoms with Gasteiger partial charge in [0.05, 0.1) is 19.9 Å². The van der Waals surface area contributed by atoms with Gasteiger partial charge in [0, 0.05) is 31.2 Å². The van der Waals surface area contributed by atoms with Crippen LogP contribution in [0.25, 0.3) is 0 Å². The van der Waals surface area contributed by atoms with E-state index in [1.54, 1.807) is 14.2 Å². The third-order valence-electron chi connectivity index (χ3n) is 4.49. The van der Waals surface area contributed by atoms with Gasteiger partial charge in [-0.25, -0.2) is 0 Å². The molecule has 1 aromatic carbocycles. The Morgan fingerprint density at radius 3 is 2.65 bits per heavy atom. The molecule has 1 heterocycles. The molecular formula is C16H24N2O2. The van der Waals surface area contributed by atoms with Crippen molar-refractivity contribution in [1.82, 2.24) is 5.32 Å². The number of nitrogens with zero attached hydrogens (tertiary/aromatic N) is 1. The third-order valence-corrected chi connectivity index (χ3v) is 4.49. The van der Waals surface area contributed by atoms with Crippen LogP contribution >= 0.6 is 0 Å². The van der Waals surface area contributed by atoms with Crippen LogP contribution in [0.1, 0.15) is 19.8 Å². The summed E-state index contributed by atoms with van der Waals surface area (Å²) >= 11 is 0. The van der Waals surface area contributed by atoms with E-state index in [0.717, 1.165) is 36.2 Å². The molecule has 2 unspecified atom stereocenters. The van der Waals surface area contributed by atoms with Crippen LogP contribution in [0.3, 0.4) is 0 Å². The summed E-state index contributed by atoms with van der Waals surface area (Å²) in [6.45, 7) is 4.34. The molecule has 2 atom stereocenters. The first kappa shape index (κ1) is 13.6. The van der Waals surface area contributed by atoms with E-state index in [0.29, 0.717) is 12.1 Å². The quantitative estimate of drug-likeness (QED) is 0.915. The van der Waals surface area contributed by atoms with Crippen molar-refractivity contribution in [1.29, 1.82) is 0 Å². The van der Waals surface area contributed by atoms with E-state index in [2.05, 4.69) is 23.2 Å². The van der Waals surface area contributed by atoms with Crippen molar-refractivity contribution >= 4 is 5.69 Å². The van der Waals surface area contributed by atoms with Gasteiger partial charge in [-0.3, -0.25) is 0 Å². The Morgan fingerprint density at radius 2 is 2.00 bits per heavy atom. The smallest absolute Gasteiger partial charge is 0.142 e. The SMILES string of the molecule is COc1ccc(OC)c(N2CC(C3CC3)NCC2C)c1. The first-order chi connectivity index (χ1) is 9.72. The minimum atomic E-state index is 0.464. The van der Waals surface area contributed by atoms with Crippen molar-refractivity contribution in [3.63, 3.8) is 0 Å². The maximum absolute atomic E-state index is 5.54. The van der Waals surface area contributed by atoms with Crippen LogP contribution in [0, 0.1) is 5.92 Å². The highest BCUT2D eigenvalue weighted by Gasteiger charge is 2.36. The standard InChI is InChI=1S/C16H24N2O2/c1-11-9-17-14(12-4-5-12)10-18(11)15-8-13(19-2)6-7-16(15)20-3/h6-8,11-12,14,17H,4-5,9-10H2,1-3H3. The van der Waals surface area contributed by atoms with Gasteiger partial charge >= 0.3 is 0 Å². The summed E-state index contributed by atoms with van der Waals surface area (Å²) in [6.07, 6.45) is 2.74. The molecule has 1 aliphatic carbocycles. The highest BCUT2D eigenvalue weighted by atomic mass is 16.5. The molecule has 0 aromatic heterocycles. The fourth-order valence-corrected chi connectivity index (χ4v) is 3.06. The van der Waals surface area contributed by atoms with E-state index < -0.39 is 0 Å². The Labute approximate surface area is 121 Å². The normalized spacial score (nSPS) is 26.4. The first-order valence-corrected chi connectivity index (χ1v) is 7.45. The van der Waals surface area contributed by atoms with Crippen molar-refractivity contribution in [3.05, 3.63) is 18.2 Å². The zero-order valence-corrected chi connectivity index (χ0v) is 12.6. The lowest BCUT2D eigenvalue weighted by Crippen LogP contribution is -2.56. The summed E-state index contributed by atoms with van der Waals surface area (Å²) in [5.41, 5.74) is 1.14. The second-order valence-corrected chi connectivity index (χ2v) is 5.89. The molecule has 0 radical (unpaired) electrons. The molecular weight excluding hydrogens is 252 g/mol. The van der Waals surface area contributed by atoms with Crippen molar-refractivity contribution < 1.29 is 9.47 Å². The minimum absolute atomic E-state index is 0.464. The maximum atomic E-state index is 5.54. The van der Waals surface area contributed by atoms with Gasteiger partial charge < -0.3 is 19.7 Å². The second-order valence-electron chi connectivity index (χ2n) is 5.89. The van der Waals surface area contributed by atoms with E-state index in [1.165, 1.54) is 12.8 Å². The van der Waals surface area contributed by atoms with Crippen molar-refractivity contribution in [2.45, 2.75) is 31.8 Å². The molecule has 4 nitrogen and oxygen atoms in total. The number of piperazine rings is 1. The van der Waals surface area contributed by atoms with Crippen LogP contribution in [0.4, 0.5) is 5.69 Å². The third kappa shape index (κ3) is 2.57. The molecule has 2 fully saturated rings. The highest BCUT2D eigenvalue weighted by Crippen LogP contribution is 2.38. The van der Waals surface area contributed by atoms with E-state index in [4.69, 9.17) is 9.47 Å². The molecule has 4 heteroatoms. The molecule has 1 N–H and O–H groups in total. The summed E-state index contributed by atoms with van der Waals surface area (Å²) in [7, 11) is 3.44. The Kier molecular flexibility index (Phi) is 3.74. The van der Waals surface area contributed by atoms with E-state index >= 15 is 0 Å². The zero-order chi connectivity index (χ0) is 14.1. The molecule has 3 rings (SSSR count). The van der Waals surface area contributed by atoms with Gasteiger partial charge in [0.2, 0.25) is 0 Å². The van der Waals surface area contributed by atoms with Gasteiger partial charge in [-0.05, 0) is 37.8 Å². The van der Waals surface area contributed by atoms with Crippen molar-refractivity contribution in [3.8, 4) is 11.5 Å². The topological polar surface area (TPSA) is 33.7 Å². The number of methoxy groups -OCH3 is 2. The Morgan fingerprint density at radius 1 is 1.20 bits per heavy atom. The number of rotatable bonds is 4. The molecule has 1 saturated heterocycles. The predicted molar refractivity (Wildman–Crippen MR) is 80.9 cm³/mol. The van der Waals surface area contributed by atoms with E-state index in [1.807, 2.05) is 12.1 Å². The largest absolute Gasteiger partial charge is 0.497 e. The molecule has 1 aliphatic heterocycles. The van der Waals surface area contributed by atoms with Crippen molar-refractivity contribution in [2.75, 3.05) is 32.2 Å². The van der Waals surface area contributed by atoms with Gasteiger partial charge in [0.25, 0.3) is 0 Å². The fourth-order valence-electron chi connectivity index (χ4n) is 3.06. The molecule has 20 heavy (non-hydrogen) atoms. The van der Waals surface area contributed by atoms with Crippen LogP contribution in [-0.2, 0) is 0 Å². The zero-order valence-electron chi connectivity index (χ0n) is 12.6. The van der Waals surface area contributed by atoms with Gasteiger partial charge in [0.1, 0.15) is 11.5 Å². The van der Waals surface area contributed by atoms with Crippen LogP contribution in [0.15, 0.2) is 18.2 Å². The molecule has 1 saturated carbocycles. The number of nitrogens with one attached hydrogen (secondary N) is 1. The lowest BCUT2D eigenvalue weighted by Gasteiger charge is -2.41. The average molecular weight is 276 g/mol. The van der Waals surface area contributed by atoms with Gasteiger partial charge in [0.15, 0.2) is 0 Å². The van der Waals surface area contributed by atoms with Crippen LogP contribution < -0.4 is 19.7 Å². The number of hydrogen-bond acceptors (Lipinski definition) is 4. The Bertz CT molecular complexity index is 474. The summed E-state index contributed by atoms with van der Waals surface area (Å²) in [5, 5.41) is 3.68. The van der Waals surface area contributed by atoms with E-state index in [9.17, 15) is 0 Å². The van der Waals surface area contributed by atoms with Gasteiger partial charge in [-0.2, -0.15) is 0 Å². The van der Waals surface area contributed by atoms with Gasteiger partial charge in [-0.15, -0.1) is 0 Å². The molecule has 110 valence electrons. The molecule has 0 spiro atoms. The molecule has 2 aliphatic rings. The number of hydrogen-bond donors (Lipinski definition) is 1. The van der Waals surface area contributed by atoms with Crippen LogP contribution in [0.5, 0.6) is 11.5 Å². The fraction of sp³-hybridized carbons (Fsp3) is 0.625. The second kappa shape index (κ2) is 5.52. The van der Waals surface area contributed by atoms with Crippen LogP contribution in [0.2, 0.25) is 0 Å². The first-order valence-electron chi connectivity index (χ1n) is 7.45. The molecule has 1 aromatic rings. The van der Waals surface area contributed by atoms with E-state index in [-0.39, 0.29) is 0 Å².